The maximum absolute atomic E-state index is 12.2. The number of aromatic nitrogens is 1. The molecule has 0 unspecified atom stereocenters. The third-order valence-corrected chi connectivity index (χ3v) is 4.19. The van der Waals surface area contributed by atoms with E-state index in [-0.39, 0.29) is 18.2 Å². The molecule has 0 spiro atoms. The van der Waals surface area contributed by atoms with Gasteiger partial charge in [-0.05, 0) is 30.3 Å². The fraction of sp³-hybridized carbons (Fsp3) is 0.150. The zero-order chi connectivity index (χ0) is 19.2. The van der Waals surface area contributed by atoms with Crippen LogP contribution in [0, 0.1) is 0 Å². The summed E-state index contributed by atoms with van der Waals surface area (Å²) in [5.41, 5.74) is 2.17. The van der Waals surface area contributed by atoms with E-state index in [2.05, 4.69) is 31.5 Å². The molecule has 27 heavy (non-hydrogen) atoms. The molecule has 0 aliphatic rings. The Morgan fingerprint density at radius 3 is 2.56 bits per heavy atom. The van der Waals surface area contributed by atoms with Crippen LogP contribution in [0.2, 0.25) is 0 Å². The van der Waals surface area contributed by atoms with Crippen LogP contribution < -0.4 is 10.6 Å². The second-order valence-electron chi connectivity index (χ2n) is 5.94. The van der Waals surface area contributed by atoms with Gasteiger partial charge in [0.25, 0.3) is 0 Å². The Hall–Kier alpha value is -2.93. The highest BCUT2D eigenvalue weighted by molar-refractivity contribution is 9.10. The van der Waals surface area contributed by atoms with Crippen LogP contribution in [0.3, 0.4) is 0 Å². The lowest BCUT2D eigenvalue weighted by atomic mass is 10.2. The Bertz CT molecular complexity index is 968. The zero-order valence-electron chi connectivity index (χ0n) is 14.7. The van der Waals surface area contributed by atoms with Crippen LogP contribution in [0.15, 0.2) is 63.6 Å². The quantitative estimate of drug-likeness (QED) is 0.600. The lowest BCUT2D eigenvalue weighted by Crippen LogP contribution is -2.13. The van der Waals surface area contributed by atoms with E-state index in [0.717, 1.165) is 10.0 Å². The minimum atomic E-state index is -0.163. The average molecular weight is 428 g/mol. The predicted octanol–water partition coefficient (Wildman–Crippen LogP) is 4.63. The van der Waals surface area contributed by atoms with Crippen LogP contribution in [0.1, 0.15) is 19.2 Å². The van der Waals surface area contributed by atoms with E-state index in [1.165, 1.54) is 6.92 Å². The van der Waals surface area contributed by atoms with Gasteiger partial charge in [0, 0.05) is 41.2 Å². The van der Waals surface area contributed by atoms with Gasteiger partial charge >= 0.3 is 0 Å². The Morgan fingerprint density at radius 1 is 1.07 bits per heavy atom. The number of nitrogens with zero attached hydrogens (tertiary/aromatic N) is 1. The van der Waals surface area contributed by atoms with Crippen LogP contribution >= 0.6 is 15.9 Å². The van der Waals surface area contributed by atoms with E-state index in [0.29, 0.717) is 29.4 Å². The standard InChI is InChI=1S/C20H18BrN3O3/c1-13(25)23-16-6-3-7-17(11-16)24-19(26)8-9-20-22-12-18(27-20)14-4-2-5-15(21)10-14/h2-7,10-12H,8-9H2,1H3,(H,23,25)(H,24,26). The van der Waals surface area contributed by atoms with E-state index >= 15 is 0 Å². The number of hydrogen-bond acceptors (Lipinski definition) is 4. The van der Waals surface area contributed by atoms with Crippen LogP contribution in [-0.4, -0.2) is 16.8 Å². The SMILES string of the molecule is CC(=O)Nc1cccc(NC(=O)CCc2ncc(-c3cccc(Br)c3)o2)c1. The van der Waals surface area contributed by atoms with E-state index < -0.39 is 0 Å². The van der Waals surface area contributed by atoms with Crippen LogP contribution in [0.4, 0.5) is 11.4 Å². The summed E-state index contributed by atoms with van der Waals surface area (Å²) in [6, 6.07) is 14.7. The molecule has 0 atom stereocenters. The summed E-state index contributed by atoms with van der Waals surface area (Å²) in [6.45, 7) is 1.43. The molecule has 0 radical (unpaired) electrons. The molecule has 2 aromatic carbocycles. The highest BCUT2D eigenvalue weighted by atomic mass is 79.9. The molecule has 6 nitrogen and oxygen atoms in total. The minimum absolute atomic E-state index is 0.155. The molecule has 0 bridgehead atoms. The van der Waals surface area contributed by atoms with E-state index in [9.17, 15) is 9.59 Å². The fourth-order valence-corrected chi connectivity index (χ4v) is 2.92. The number of amides is 2. The number of rotatable bonds is 6. The third kappa shape index (κ3) is 5.52. The lowest BCUT2D eigenvalue weighted by Gasteiger charge is -2.07. The minimum Gasteiger partial charge on any atom is -0.441 e. The first-order chi connectivity index (χ1) is 13.0. The molecule has 3 aromatic rings. The summed E-state index contributed by atoms with van der Waals surface area (Å²) in [6.07, 6.45) is 2.29. The first kappa shape index (κ1) is 18.8. The van der Waals surface area contributed by atoms with Crippen LogP contribution in [-0.2, 0) is 16.0 Å². The molecule has 0 saturated carbocycles. The molecular formula is C20H18BrN3O3. The molecule has 0 saturated heterocycles. The first-order valence-corrected chi connectivity index (χ1v) is 9.17. The van der Waals surface area contributed by atoms with Gasteiger partial charge in [0.15, 0.2) is 11.7 Å². The van der Waals surface area contributed by atoms with Gasteiger partial charge in [-0.25, -0.2) is 4.98 Å². The first-order valence-electron chi connectivity index (χ1n) is 8.38. The summed E-state index contributed by atoms with van der Waals surface area (Å²) >= 11 is 3.43. The number of aryl methyl sites for hydroxylation is 1. The average Bonchev–Trinajstić information content (AvgIpc) is 3.09. The highest BCUT2D eigenvalue weighted by Crippen LogP contribution is 2.24. The van der Waals surface area contributed by atoms with E-state index in [1.807, 2.05) is 24.3 Å². The molecule has 138 valence electrons. The predicted molar refractivity (Wildman–Crippen MR) is 107 cm³/mol. The molecular weight excluding hydrogens is 410 g/mol. The Balaban J connectivity index is 1.56. The van der Waals surface area contributed by atoms with Crippen molar-refractivity contribution in [3.63, 3.8) is 0 Å². The third-order valence-electron chi connectivity index (χ3n) is 3.70. The van der Waals surface area contributed by atoms with Gasteiger partial charge in [0.05, 0.1) is 6.20 Å². The fourth-order valence-electron chi connectivity index (χ4n) is 2.52. The van der Waals surface area contributed by atoms with Crippen molar-refractivity contribution in [1.82, 2.24) is 4.98 Å². The molecule has 0 fully saturated rings. The molecule has 0 aliphatic carbocycles. The number of carbonyl (C=O) groups is 2. The van der Waals surface area contributed by atoms with Gasteiger partial charge in [0.1, 0.15) is 0 Å². The molecule has 2 amide bonds. The molecule has 3 rings (SSSR count). The summed E-state index contributed by atoms with van der Waals surface area (Å²) < 4.78 is 6.69. The van der Waals surface area contributed by atoms with Gasteiger partial charge in [0.2, 0.25) is 11.8 Å². The summed E-state index contributed by atoms with van der Waals surface area (Å²) in [4.78, 5) is 27.5. The van der Waals surface area contributed by atoms with Crippen molar-refractivity contribution in [3.8, 4) is 11.3 Å². The summed E-state index contributed by atoms with van der Waals surface area (Å²) in [5, 5.41) is 5.49. The molecule has 7 heteroatoms. The van der Waals surface area contributed by atoms with Gasteiger partial charge < -0.3 is 15.1 Å². The highest BCUT2D eigenvalue weighted by Gasteiger charge is 2.10. The number of anilines is 2. The van der Waals surface area contributed by atoms with Crippen LogP contribution in [0.25, 0.3) is 11.3 Å². The number of hydrogen-bond donors (Lipinski definition) is 2. The van der Waals surface area contributed by atoms with Crippen LogP contribution in [0.5, 0.6) is 0 Å². The largest absolute Gasteiger partial charge is 0.441 e. The van der Waals surface area contributed by atoms with Crippen molar-refractivity contribution in [2.24, 2.45) is 0 Å². The summed E-state index contributed by atoms with van der Waals surface area (Å²) in [7, 11) is 0. The van der Waals surface area contributed by atoms with Crippen molar-refractivity contribution in [2.45, 2.75) is 19.8 Å². The maximum Gasteiger partial charge on any atom is 0.224 e. The molecule has 1 heterocycles. The maximum atomic E-state index is 12.2. The van der Waals surface area contributed by atoms with Crippen molar-refractivity contribution < 1.29 is 14.0 Å². The van der Waals surface area contributed by atoms with E-state index in [4.69, 9.17) is 4.42 Å². The van der Waals surface area contributed by atoms with Crippen molar-refractivity contribution in [1.29, 1.82) is 0 Å². The number of carbonyl (C=O) groups excluding carboxylic acids is 2. The van der Waals surface area contributed by atoms with Crippen molar-refractivity contribution in [3.05, 3.63) is 65.1 Å². The topological polar surface area (TPSA) is 84.2 Å². The van der Waals surface area contributed by atoms with Gasteiger partial charge in [-0.3, -0.25) is 9.59 Å². The van der Waals surface area contributed by atoms with Gasteiger partial charge in [-0.2, -0.15) is 0 Å². The molecule has 1 aromatic heterocycles. The number of nitrogens with one attached hydrogen (secondary N) is 2. The Morgan fingerprint density at radius 2 is 1.81 bits per heavy atom. The van der Waals surface area contributed by atoms with Gasteiger partial charge in [-0.1, -0.05) is 34.1 Å². The Kier molecular flexibility index (Phi) is 6.03. The number of benzene rings is 2. The second kappa shape index (κ2) is 8.64. The van der Waals surface area contributed by atoms with E-state index in [1.54, 1.807) is 30.5 Å². The van der Waals surface area contributed by atoms with Crippen molar-refractivity contribution >= 4 is 39.1 Å². The Labute approximate surface area is 165 Å². The zero-order valence-corrected chi connectivity index (χ0v) is 16.2. The van der Waals surface area contributed by atoms with Crippen molar-refractivity contribution in [2.75, 3.05) is 10.6 Å². The lowest BCUT2D eigenvalue weighted by molar-refractivity contribution is -0.116. The normalized spacial score (nSPS) is 10.4. The molecule has 2 N–H and O–H groups in total. The monoisotopic (exact) mass is 427 g/mol. The molecule has 0 aliphatic heterocycles. The summed E-state index contributed by atoms with van der Waals surface area (Å²) in [5.74, 6) is 0.850. The van der Waals surface area contributed by atoms with Gasteiger partial charge in [-0.15, -0.1) is 0 Å². The number of halogens is 1. The second-order valence-corrected chi connectivity index (χ2v) is 6.85. The number of oxazole rings is 1. The smallest absolute Gasteiger partial charge is 0.224 e.